The number of carbonyl (C=O) groups is 3. The zero-order valence-electron chi connectivity index (χ0n) is 22.6. The van der Waals surface area contributed by atoms with Crippen molar-refractivity contribution in [3.63, 3.8) is 0 Å². The molecule has 3 aliphatic rings. The number of anilines is 2. The maximum atomic E-state index is 13.6. The highest BCUT2D eigenvalue weighted by molar-refractivity contribution is 8.01. The lowest BCUT2D eigenvalue weighted by atomic mass is 9.99. The Labute approximate surface area is 241 Å². The number of nitrogens with one attached hydrogen (secondary N) is 3. The Balaban J connectivity index is 1.24. The second-order valence-corrected chi connectivity index (χ2v) is 11.3. The summed E-state index contributed by atoms with van der Waals surface area (Å²) < 4.78 is 5.93. The Kier molecular flexibility index (Phi) is 7.08. The number of aromatic nitrogens is 3. The van der Waals surface area contributed by atoms with E-state index in [-0.39, 0.29) is 29.9 Å². The summed E-state index contributed by atoms with van der Waals surface area (Å²) in [6.07, 6.45) is 7.01. The normalized spacial score (nSPS) is 22.5. The van der Waals surface area contributed by atoms with Crippen molar-refractivity contribution >= 4 is 41.0 Å². The first-order valence-electron chi connectivity index (χ1n) is 13.4. The monoisotopic (exact) mass is 571 g/mol. The number of urea groups is 1. The van der Waals surface area contributed by atoms with Crippen molar-refractivity contribution in [1.29, 1.82) is 0 Å². The molecule has 1 saturated carbocycles. The molecule has 5 heterocycles. The third kappa shape index (κ3) is 4.99. The Hall–Kier alpha value is -4.45. The Morgan fingerprint density at radius 2 is 1.88 bits per heavy atom. The molecule has 41 heavy (non-hydrogen) atoms. The molecule has 4 atom stereocenters. The highest BCUT2D eigenvalue weighted by Crippen LogP contribution is 2.51. The lowest BCUT2D eigenvalue weighted by molar-refractivity contribution is -0.122. The van der Waals surface area contributed by atoms with Gasteiger partial charge in [0.25, 0.3) is 0 Å². The van der Waals surface area contributed by atoms with E-state index in [4.69, 9.17) is 4.74 Å². The van der Waals surface area contributed by atoms with Gasteiger partial charge in [-0.15, -0.1) is 0 Å². The Bertz CT molecular complexity index is 1560. The van der Waals surface area contributed by atoms with Crippen LogP contribution in [0.1, 0.15) is 42.3 Å². The number of pyridine rings is 3. The summed E-state index contributed by atoms with van der Waals surface area (Å²) in [6.45, 7) is 7.18. The van der Waals surface area contributed by atoms with E-state index >= 15 is 0 Å². The van der Waals surface area contributed by atoms with E-state index in [1.807, 2.05) is 19.9 Å². The van der Waals surface area contributed by atoms with Gasteiger partial charge in [0, 0.05) is 36.1 Å². The molecule has 3 N–H and O–H groups in total. The molecule has 11 nitrogen and oxygen atoms in total. The van der Waals surface area contributed by atoms with Gasteiger partial charge in [0.15, 0.2) is 5.75 Å². The third-order valence-corrected chi connectivity index (χ3v) is 8.86. The molecule has 0 spiro atoms. The van der Waals surface area contributed by atoms with Crippen LogP contribution in [0.3, 0.4) is 0 Å². The zero-order chi connectivity index (χ0) is 28.7. The maximum absolute atomic E-state index is 13.6. The SMILES string of the molecule is C=CC(=O)N[C@H]1CCC[C@H]1NC(=O)C1Sc2nccc3c2C1NC(=O)N3c1ccc(Oc2cccnc2C)nc1C. The van der Waals surface area contributed by atoms with Crippen molar-refractivity contribution in [1.82, 2.24) is 30.9 Å². The van der Waals surface area contributed by atoms with Crippen LogP contribution in [0.25, 0.3) is 0 Å². The number of aryl methyl sites for hydroxylation is 2. The molecule has 210 valence electrons. The predicted molar refractivity (Wildman–Crippen MR) is 153 cm³/mol. The summed E-state index contributed by atoms with van der Waals surface area (Å²) in [5.74, 6) is 0.529. The van der Waals surface area contributed by atoms with Crippen LogP contribution in [0.15, 0.2) is 60.4 Å². The number of nitrogens with zero attached hydrogens (tertiary/aromatic N) is 4. The van der Waals surface area contributed by atoms with Crippen LogP contribution in [0.5, 0.6) is 11.6 Å². The van der Waals surface area contributed by atoms with Crippen LogP contribution in [0.2, 0.25) is 0 Å². The molecule has 1 aliphatic carbocycles. The van der Waals surface area contributed by atoms with Crippen LogP contribution >= 0.6 is 11.8 Å². The molecule has 12 heteroatoms. The molecule has 1 fully saturated rings. The van der Waals surface area contributed by atoms with E-state index in [1.165, 1.54) is 17.8 Å². The number of rotatable bonds is 7. The minimum atomic E-state index is -0.598. The fourth-order valence-electron chi connectivity index (χ4n) is 5.59. The minimum absolute atomic E-state index is 0.159. The van der Waals surface area contributed by atoms with Crippen LogP contribution in [-0.2, 0) is 9.59 Å². The highest BCUT2D eigenvalue weighted by Gasteiger charge is 2.47. The van der Waals surface area contributed by atoms with E-state index in [0.717, 1.165) is 30.5 Å². The molecule has 0 aromatic carbocycles. The van der Waals surface area contributed by atoms with Gasteiger partial charge in [0.1, 0.15) is 10.3 Å². The predicted octanol–water partition coefficient (Wildman–Crippen LogP) is 4.00. The first-order chi connectivity index (χ1) is 19.8. The van der Waals surface area contributed by atoms with E-state index < -0.39 is 11.3 Å². The average molecular weight is 572 g/mol. The van der Waals surface area contributed by atoms with Gasteiger partial charge in [-0.3, -0.25) is 19.5 Å². The van der Waals surface area contributed by atoms with Gasteiger partial charge in [0.05, 0.1) is 28.8 Å². The molecule has 4 amide bonds. The second kappa shape index (κ2) is 10.8. The molecule has 2 aliphatic heterocycles. The van der Waals surface area contributed by atoms with Gasteiger partial charge in [-0.05, 0) is 63.5 Å². The van der Waals surface area contributed by atoms with Crippen molar-refractivity contribution in [2.45, 2.75) is 61.5 Å². The molecule has 0 saturated heterocycles. The first kappa shape index (κ1) is 26.8. The summed E-state index contributed by atoms with van der Waals surface area (Å²) in [6, 6.07) is 7.64. The number of carbonyl (C=O) groups excluding carboxylic acids is 3. The Morgan fingerprint density at radius 3 is 2.63 bits per heavy atom. The lowest BCUT2D eigenvalue weighted by Crippen LogP contribution is -2.53. The summed E-state index contributed by atoms with van der Waals surface area (Å²) in [5, 5.41) is 9.15. The number of ether oxygens (including phenoxy) is 1. The van der Waals surface area contributed by atoms with Gasteiger partial charge in [-0.2, -0.15) is 0 Å². The molecule has 2 unspecified atom stereocenters. The minimum Gasteiger partial charge on any atom is -0.437 e. The molecule has 0 radical (unpaired) electrons. The van der Waals surface area contributed by atoms with E-state index in [0.29, 0.717) is 33.7 Å². The van der Waals surface area contributed by atoms with E-state index in [1.54, 1.807) is 41.6 Å². The number of hydrogen-bond donors (Lipinski definition) is 3. The lowest BCUT2D eigenvalue weighted by Gasteiger charge is -2.35. The van der Waals surface area contributed by atoms with Gasteiger partial charge in [-0.25, -0.2) is 14.8 Å². The summed E-state index contributed by atoms with van der Waals surface area (Å²) in [4.78, 5) is 53.9. The molecular formula is C29H29N7O4S. The van der Waals surface area contributed by atoms with Gasteiger partial charge in [0.2, 0.25) is 17.7 Å². The molecule has 3 aromatic rings. The fraction of sp³-hybridized carbons (Fsp3) is 0.310. The third-order valence-electron chi connectivity index (χ3n) is 7.57. The van der Waals surface area contributed by atoms with Crippen LogP contribution in [-0.4, -0.2) is 50.1 Å². The van der Waals surface area contributed by atoms with Crippen molar-refractivity contribution < 1.29 is 19.1 Å². The zero-order valence-corrected chi connectivity index (χ0v) is 23.4. The van der Waals surface area contributed by atoms with Gasteiger partial charge >= 0.3 is 6.03 Å². The summed E-state index contributed by atoms with van der Waals surface area (Å²) in [5.41, 5.74) is 3.38. The Morgan fingerprint density at radius 1 is 1.07 bits per heavy atom. The highest BCUT2D eigenvalue weighted by atomic mass is 32.2. The molecule has 6 rings (SSSR count). The molecule has 3 aromatic heterocycles. The maximum Gasteiger partial charge on any atom is 0.327 e. The van der Waals surface area contributed by atoms with Crippen LogP contribution in [0.4, 0.5) is 16.2 Å². The standard InChI is InChI=1S/C29H29N7O4S/c1-4-22(37)33-17-7-5-8-18(17)34-27(38)26-25-24-20(12-14-31-28(24)41-26)36(29(39)35-25)19-10-11-23(32-15(19)2)40-21-9-6-13-30-16(21)3/h4,6,9-14,17-18,25-26H,1,5,7-8H2,2-3H3,(H,33,37)(H,34,38)(H,35,39)/t17-,18+,25?,26?/m0/s1. The van der Waals surface area contributed by atoms with Crippen molar-refractivity contribution in [2.75, 3.05) is 4.90 Å². The fourth-order valence-corrected chi connectivity index (χ4v) is 6.83. The number of amides is 4. The van der Waals surface area contributed by atoms with Crippen LogP contribution < -0.4 is 25.6 Å². The van der Waals surface area contributed by atoms with Crippen molar-refractivity contribution in [3.8, 4) is 11.6 Å². The van der Waals surface area contributed by atoms with Gasteiger partial charge in [-0.1, -0.05) is 18.3 Å². The van der Waals surface area contributed by atoms with E-state index in [2.05, 4.69) is 37.5 Å². The average Bonchev–Trinajstić information content (AvgIpc) is 3.55. The summed E-state index contributed by atoms with van der Waals surface area (Å²) in [7, 11) is 0. The van der Waals surface area contributed by atoms with Gasteiger partial charge < -0.3 is 20.7 Å². The summed E-state index contributed by atoms with van der Waals surface area (Å²) >= 11 is 1.33. The topological polar surface area (TPSA) is 138 Å². The molecular weight excluding hydrogens is 542 g/mol. The smallest absolute Gasteiger partial charge is 0.327 e. The quantitative estimate of drug-likeness (QED) is 0.362. The largest absolute Gasteiger partial charge is 0.437 e. The number of hydrogen-bond acceptors (Lipinski definition) is 8. The van der Waals surface area contributed by atoms with Crippen molar-refractivity contribution in [3.05, 3.63) is 72.3 Å². The first-order valence-corrected chi connectivity index (χ1v) is 14.3. The second-order valence-electron chi connectivity index (χ2n) is 10.2. The molecule has 0 bridgehead atoms. The van der Waals surface area contributed by atoms with Crippen molar-refractivity contribution in [2.24, 2.45) is 0 Å². The van der Waals surface area contributed by atoms with Crippen LogP contribution in [0, 0.1) is 13.8 Å². The van der Waals surface area contributed by atoms with E-state index in [9.17, 15) is 14.4 Å². The number of thioether (sulfide) groups is 1.